The Morgan fingerprint density at radius 3 is 2.45 bits per heavy atom. The average Bonchev–Trinajstić information content (AvgIpc) is 2.78. The van der Waals surface area contributed by atoms with Crippen LogP contribution < -0.4 is 19.6 Å². The predicted molar refractivity (Wildman–Crippen MR) is 116 cm³/mol. The van der Waals surface area contributed by atoms with E-state index >= 15 is 0 Å². The Kier molecular flexibility index (Phi) is 5.58. The third-order valence-electron chi connectivity index (χ3n) is 4.77. The molecule has 0 aliphatic carbocycles. The van der Waals surface area contributed by atoms with Crippen molar-refractivity contribution in [2.75, 3.05) is 19.6 Å². The second-order valence-corrected chi connectivity index (χ2v) is 7.04. The summed E-state index contributed by atoms with van der Waals surface area (Å²) >= 11 is 5.97. The van der Waals surface area contributed by atoms with E-state index in [4.69, 9.17) is 25.8 Å². The van der Waals surface area contributed by atoms with Crippen LogP contribution in [0.25, 0.3) is 0 Å². The molecule has 3 aromatic carbocycles. The molecule has 6 heteroatoms. The standard InChI is InChI=1S/C23H21ClN2O3/c1-27-18-12-21(28-2)23-19(26-25-17-10-8-16(24)9-11-17)14-20(29-22(23)13-18)15-6-4-3-5-7-15/h3-13,20,25H,14H2,1-2H3/b26-19+. The Morgan fingerprint density at radius 1 is 1.00 bits per heavy atom. The number of rotatable bonds is 5. The van der Waals surface area contributed by atoms with Crippen molar-refractivity contribution in [3.8, 4) is 17.2 Å². The summed E-state index contributed by atoms with van der Waals surface area (Å²) < 4.78 is 17.3. The van der Waals surface area contributed by atoms with Gasteiger partial charge in [0.15, 0.2) is 0 Å². The molecular formula is C23H21ClN2O3. The molecule has 0 amide bonds. The SMILES string of the molecule is COc1cc(OC)c2c(c1)OC(c1ccccc1)C/C2=N\Nc1ccc(Cl)cc1. The van der Waals surface area contributed by atoms with Gasteiger partial charge in [0, 0.05) is 23.6 Å². The third-order valence-corrected chi connectivity index (χ3v) is 5.02. The molecule has 1 heterocycles. The normalized spacial score (nSPS) is 16.7. The zero-order chi connectivity index (χ0) is 20.2. The molecule has 1 unspecified atom stereocenters. The van der Waals surface area contributed by atoms with Crippen molar-refractivity contribution in [3.05, 3.63) is 82.9 Å². The maximum absolute atomic E-state index is 6.31. The fourth-order valence-electron chi connectivity index (χ4n) is 3.31. The zero-order valence-corrected chi connectivity index (χ0v) is 16.9. The first-order chi connectivity index (χ1) is 14.2. The highest BCUT2D eigenvalue weighted by Gasteiger charge is 2.30. The van der Waals surface area contributed by atoms with Crippen molar-refractivity contribution in [3.63, 3.8) is 0 Å². The second-order valence-electron chi connectivity index (χ2n) is 6.60. The molecule has 1 N–H and O–H groups in total. The van der Waals surface area contributed by atoms with E-state index in [1.54, 1.807) is 14.2 Å². The minimum atomic E-state index is -0.161. The number of fused-ring (bicyclic) bond motifs is 1. The van der Waals surface area contributed by atoms with Gasteiger partial charge in [-0.1, -0.05) is 41.9 Å². The largest absolute Gasteiger partial charge is 0.496 e. The van der Waals surface area contributed by atoms with Gasteiger partial charge in [0.2, 0.25) is 0 Å². The molecule has 148 valence electrons. The minimum Gasteiger partial charge on any atom is -0.496 e. The average molecular weight is 409 g/mol. The van der Waals surface area contributed by atoms with Gasteiger partial charge in [0.25, 0.3) is 0 Å². The van der Waals surface area contributed by atoms with Crippen LogP contribution in [0.3, 0.4) is 0 Å². The molecule has 0 saturated heterocycles. The monoisotopic (exact) mass is 408 g/mol. The van der Waals surface area contributed by atoms with Crippen LogP contribution >= 0.6 is 11.6 Å². The highest BCUT2D eigenvalue weighted by Crippen LogP contribution is 2.42. The molecule has 4 rings (SSSR count). The number of methoxy groups -OCH3 is 2. The van der Waals surface area contributed by atoms with E-state index in [0.717, 1.165) is 22.5 Å². The lowest BCUT2D eigenvalue weighted by molar-refractivity contribution is 0.204. The van der Waals surface area contributed by atoms with Gasteiger partial charge in [-0.15, -0.1) is 0 Å². The molecule has 5 nitrogen and oxygen atoms in total. The van der Waals surface area contributed by atoms with Crippen molar-refractivity contribution in [2.45, 2.75) is 12.5 Å². The van der Waals surface area contributed by atoms with Crippen LogP contribution in [-0.4, -0.2) is 19.9 Å². The van der Waals surface area contributed by atoms with Crippen LogP contribution in [0.2, 0.25) is 5.02 Å². The predicted octanol–water partition coefficient (Wildman–Crippen LogP) is 5.70. The van der Waals surface area contributed by atoms with Crippen LogP contribution in [0.15, 0.2) is 71.8 Å². The third kappa shape index (κ3) is 4.15. The van der Waals surface area contributed by atoms with Crippen molar-refractivity contribution >= 4 is 23.0 Å². The lowest BCUT2D eigenvalue weighted by atomic mass is 9.94. The van der Waals surface area contributed by atoms with Gasteiger partial charge in [0.05, 0.1) is 31.2 Å². The maximum Gasteiger partial charge on any atom is 0.136 e. The van der Waals surface area contributed by atoms with Crippen molar-refractivity contribution in [1.29, 1.82) is 0 Å². The second kappa shape index (κ2) is 8.45. The number of anilines is 1. The van der Waals surface area contributed by atoms with Crippen LogP contribution in [-0.2, 0) is 0 Å². The number of ether oxygens (including phenoxy) is 3. The topological polar surface area (TPSA) is 52.1 Å². The summed E-state index contributed by atoms with van der Waals surface area (Å²) in [4.78, 5) is 0. The maximum atomic E-state index is 6.31. The number of hydrazone groups is 1. The molecule has 0 saturated carbocycles. The van der Waals surface area contributed by atoms with Gasteiger partial charge in [-0.3, -0.25) is 5.43 Å². The summed E-state index contributed by atoms with van der Waals surface area (Å²) in [6, 6.07) is 21.2. The summed E-state index contributed by atoms with van der Waals surface area (Å²) in [5.41, 5.74) is 6.71. The highest BCUT2D eigenvalue weighted by atomic mass is 35.5. The van der Waals surface area contributed by atoms with Gasteiger partial charge in [-0.2, -0.15) is 5.10 Å². The lowest BCUT2D eigenvalue weighted by Crippen LogP contribution is -2.22. The molecule has 0 radical (unpaired) electrons. The number of nitrogens with one attached hydrogen (secondary N) is 1. The summed E-state index contributed by atoms with van der Waals surface area (Å²) in [7, 11) is 3.25. The van der Waals surface area contributed by atoms with Crippen LogP contribution in [0.5, 0.6) is 17.2 Å². The fraction of sp³-hybridized carbons (Fsp3) is 0.174. The van der Waals surface area contributed by atoms with E-state index in [2.05, 4.69) is 22.7 Å². The smallest absolute Gasteiger partial charge is 0.136 e. The number of benzene rings is 3. The number of hydrogen-bond acceptors (Lipinski definition) is 5. The Balaban J connectivity index is 1.76. The molecule has 1 aliphatic heterocycles. The quantitative estimate of drug-likeness (QED) is 0.550. The van der Waals surface area contributed by atoms with E-state index in [9.17, 15) is 0 Å². The molecule has 0 bridgehead atoms. The van der Waals surface area contributed by atoms with E-state index in [1.807, 2.05) is 54.6 Å². The molecule has 29 heavy (non-hydrogen) atoms. The van der Waals surface area contributed by atoms with Gasteiger partial charge >= 0.3 is 0 Å². The number of nitrogens with zero attached hydrogens (tertiary/aromatic N) is 1. The van der Waals surface area contributed by atoms with E-state index in [1.165, 1.54) is 0 Å². The molecular weight excluding hydrogens is 388 g/mol. The van der Waals surface area contributed by atoms with E-state index in [-0.39, 0.29) is 6.10 Å². The van der Waals surface area contributed by atoms with Gasteiger partial charge in [-0.05, 0) is 29.8 Å². The first-order valence-electron chi connectivity index (χ1n) is 9.24. The first-order valence-corrected chi connectivity index (χ1v) is 9.62. The van der Waals surface area contributed by atoms with E-state index < -0.39 is 0 Å². The van der Waals surface area contributed by atoms with Gasteiger partial charge in [-0.25, -0.2) is 0 Å². The molecule has 1 atom stereocenters. The first kappa shape index (κ1) is 19.2. The summed E-state index contributed by atoms with van der Waals surface area (Å²) in [6.07, 6.45) is 0.437. The number of halogens is 1. The van der Waals surface area contributed by atoms with Gasteiger partial charge in [0.1, 0.15) is 23.4 Å². The summed E-state index contributed by atoms with van der Waals surface area (Å²) in [5, 5.41) is 5.37. The summed E-state index contributed by atoms with van der Waals surface area (Å²) in [5.74, 6) is 2.00. The van der Waals surface area contributed by atoms with Crippen LogP contribution in [0, 0.1) is 0 Å². The Bertz CT molecular complexity index is 1020. The van der Waals surface area contributed by atoms with Gasteiger partial charge < -0.3 is 14.2 Å². The molecule has 1 aliphatic rings. The molecule has 0 fully saturated rings. The van der Waals surface area contributed by atoms with Crippen LogP contribution in [0.1, 0.15) is 23.7 Å². The number of hydrogen-bond donors (Lipinski definition) is 1. The molecule has 3 aromatic rings. The van der Waals surface area contributed by atoms with Crippen molar-refractivity contribution in [1.82, 2.24) is 0 Å². The highest BCUT2D eigenvalue weighted by molar-refractivity contribution is 6.30. The Labute approximate surface area is 174 Å². The fourth-order valence-corrected chi connectivity index (χ4v) is 3.43. The summed E-state index contributed by atoms with van der Waals surface area (Å²) in [6.45, 7) is 0. The minimum absolute atomic E-state index is 0.161. The Morgan fingerprint density at radius 2 is 1.76 bits per heavy atom. The molecule has 0 spiro atoms. The zero-order valence-electron chi connectivity index (χ0n) is 16.2. The van der Waals surface area contributed by atoms with Crippen molar-refractivity contribution < 1.29 is 14.2 Å². The molecule has 0 aromatic heterocycles. The Hall–Kier alpha value is -3.18. The lowest BCUT2D eigenvalue weighted by Gasteiger charge is -2.29. The van der Waals surface area contributed by atoms with E-state index in [0.29, 0.717) is 28.7 Å². The van der Waals surface area contributed by atoms with Crippen LogP contribution in [0.4, 0.5) is 5.69 Å². The van der Waals surface area contributed by atoms with Crippen molar-refractivity contribution in [2.24, 2.45) is 5.10 Å².